The number of carbonyl (C=O) groups excluding carboxylic acids is 2. The van der Waals surface area contributed by atoms with Gasteiger partial charge in [-0.15, -0.1) is 22.7 Å². The van der Waals surface area contributed by atoms with E-state index in [1.54, 1.807) is 23.5 Å². The van der Waals surface area contributed by atoms with Gasteiger partial charge in [0, 0.05) is 5.38 Å². The van der Waals surface area contributed by atoms with Crippen molar-refractivity contribution in [3.63, 3.8) is 0 Å². The number of ether oxygens (including phenoxy) is 1. The minimum atomic E-state index is -4.38. The number of hydrogen-bond acceptors (Lipinski definition) is 8. The SMILES string of the molecule is COC(=O)C(CC(C)C)C(=O)NC(Cc1ccc(NS(=O)(=O)O)cc1)c1csc(-c2cccs2)n1. The summed E-state index contributed by atoms with van der Waals surface area (Å²) in [6.45, 7) is 3.85. The highest BCUT2D eigenvalue weighted by Gasteiger charge is 2.31. The number of rotatable bonds is 11. The van der Waals surface area contributed by atoms with Crippen molar-refractivity contribution in [2.45, 2.75) is 32.7 Å². The van der Waals surface area contributed by atoms with Crippen molar-refractivity contribution in [2.24, 2.45) is 11.8 Å². The molecule has 1 amide bonds. The molecule has 2 atom stereocenters. The lowest BCUT2D eigenvalue weighted by Gasteiger charge is -2.22. The number of carbonyl (C=O) groups is 2. The standard InChI is InChI=1S/C23H27N3O6S3/c1-14(2)11-17(23(28)32-3)21(27)24-18(19-13-34-22(25-19)20-5-4-10-33-20)12-15-6-8-16(9-7-15)26-35(29,30)31/h4-10,13-14,17-18,26H,11-12H2,1-3H3,(H,24,27)(H,29,30,31). The van der Waals surface area contributed by atoms with Gasteiger partial charge in [0.2, 0.25) is 5.91 Å². The fourth-order valence-electron chi connectivity index (χ4n) is 3.48. The highest BCUT2D eigenvalue weighted by Crippen LogP contribution is 2.31. The topological polar surface area (TPSA) is 135 Å². The van der Waals surface area contributed by atoms with E-state index in [2.05, 4.69) is 5.32 Å². The molecule has 9 nitrogen and oxygen atoms in total. The van der Waals surface area contributed by atoms with Gasteiger partial charge < -0.3 is 10.1 Å². The molecule has 0 aliphatic carbocycles. The average Bonchev–Trinajstić information content (AvgIpc) is 3.48. The monoisotopic (exact) mass is 537 g/mol. The molecule has 1 aromatic carbocycles. The van der Waals surface area contributed by atoms with Gasteiger partial charge in [0.1, 0.15) is 10.9 Å². The van der Waals surface area contributed by atoms with Gasteiger partial charge in [-0.25, -0.2) is 4.98 Å². The van der Waals surface area contributed by atoms with E-state index in [9.17, 15) is 18.0 Å². The van der Waals surface area contributed by atoms with Crippen LogP contribution in [0.15, 0.2) is 47.2 Å². The fraction of sp³-hybridized carbons (Fsp3) is 0.348. The first-order chi connectivity index (χ1) is 16.6. The third kappa shape index (κ3) is 7.85. The average molecular weight is 538 g/mol. The molecule has 0 bridgehead atoms. The number of thiophene rings is 1. The first-order valence-electron chi connectivity index (χ1n) is 10.8. The van der Waals surface area contributed by atoms with E-state index < -0.39 is 34.1 Å². The Kier molecular flexibility index (Phi) is 9.00. The summed E-state index contributed by atoms with van der Waals surface area (Å²) in [5.74, 6) is -1.87. The number of aromatic nitrogens is 1. The normalized spacial score (nSPS) is 13.3. The van der Waals surface area contributed by atoms with E-state index in [-0.39, 0.29) is 11.6 Å². The smallest absolute Gasteiger partial charge is 0.357 e. The molecule has 2 unspecified atom stereocenters. The van der Waals surface area contributed by atoms with Crippen LogP contribution in [-0.4, -0.2) is 36.9 Å². The molecular weight excluding hydrogens is 510 g/mol. The number of hydrogen-bond donors (Lipinski definition) is 3. The van der Waals surface area contributed by atoms with Crippen molar-refractivity contribution in [3.05, 3.63) is 58.4 Å². The molecule has 12 heteroatoms. The van der Waals surface area contributed by atoms with Crippen LogP contribution in [0, 0.1) is 11.8 Å². The van der Waals surface area contributed by atoms with Crippen molar-refractivity contribution in [2.75, 3.05) is 11.8 Å². The molecule has 0 aliphatic heterocycles. The Hall–Kier alpha value is -2.80. The van der Waals surface area contributed by atoms with Gasteiger partial charge in [0.25, 0.3) is 0 Å². The summed E-state index contributed by atoms with van der Waals surface area (Å²) in [4.78, 5) is 31.2. The molecule has 0 aliphatic rings. The van der Waals surface area contributed by atoms with Crippen LogP contribution in [0.3, 0.4) is 0 Å². The number of nitrogens with zero attached hydrogens (tertiary/aromatic N) is 1. The second kappa shape index (κ2) is 11.8. The maximum Gasteiger partial charge on any atom is 0.357 e. The number of amides is 1. The highest BCUT2D eigenvalue weighted by atomic mass is 32.2. The first-order valence-corrected chi connectivity index (χ1v) is 14.0. The molecule has 3 rings (SSSR count). The summed E-state index contributed by atoms with van der Waals surface area (Å²) in [6, 6.07) is 9.77. The van der Waals surface area contributed by atoms with Crippen LogP contribution in [0.2, 0.25) is 0 Å². The lowest BCUT2D eigenvalue weighted by Crippen LogP contribution is -2.39. The Labute approximate surface area is 212 Å². The maximum atomic E-state index is 13.2. The number of anilines is 1. The number of benzene rings is 1. The number of methoxy groups -OCH3 is 1. The lowest BCUT2D eigenvalue weighted by atomic mass is 9.95. The lowest BCUT2D eigenvalue weighted by molar-refractivity contribution is -0.151. The van der Waals surface area contributed by atoms with Crippen LogP contribution in [0.25, 0.3) is 9.88 Å². The Morgan fingerprint density at radius 1 is 1.14 bits per heavy atom. The Morgan fingerprint density at radius 3 is 2.43 bits per heavy atom. The van der Waals surface area contributed by atoms with Crippen molar-refractivity contribution in [1.29, 1.82) is 0 Å². The van der Waals surface area contributed by atoms with Gasteiger partial charge in [0.05, 0.1) is 29.4 Å². The Balaban J connectivity index is 1.87. The predicted octanol–water partition coefficient (Wildman–Crippen LogP) is 4.32. The molecule has 0 saturated heterocycles. The van der Waals surface area contributed by atoms with Crippen LogP contribution in [0.5, 0.6) is 0 Å². The first kappa shape index (κ1) is 26.8. The molecule has 0 spiro atoms. The molecule has 188 valence electrons. The summed E-state index contributed by atoms with van der Waals surface area (Å²) >= 11 is 3.03. The van der Waals surface area contributed by atoms with Gasteiger partial charge in [-0.3, -0.25) is 18.9 Å². The molecule has 0 radical (unpaired) electrons. The summed E-state index contributed by atoms with van der Waals surface area (Å²) in [5, 5.41) is 7.64. The van der Waals surface area contributed by atoms with E-state index in [1.165, 1.54) is 30.6 Å². The van der Waals surface area contributed by atoms with Crippen molar-refractivity contribution < 1.29 is 27.3 Å². The molecule has 0 saturated carbocycles. The third-order valence-electron chi connectivity index (χ3n) is 5.08. The van der Waals surface area contributed by atoms with Gasteiger partial charge in [-0.1, -0.05) is 32.0 Å². The van der Waals surface area contributed by atoms with Crippen molar-refractivity contribution in [1.82, 2.24) is 10.3 Å². The van der Waals surface area contributed by atoms with Gasteiger partial charge in [-0.05, 0) is 47.9 Å². The van der Waals surface area contributed by atoms with Crippen molar-refractivity contribution in [3.8, 4) is 9.88 Å². The zero-order valence-electron chi connectivity index (χ0n) is 19.4. The quantitative estimate of drug-likeness (QED) is 0.188. The minimum absolute atomic E-state index is 0.107. The van der Waals surface area contributed by atoms with E-state index in [1.807, 2.05) is 41.5 Å². The molecule has 3 N–H and O–H groups in total. The zero-order chi connectivity index (χ0) is 25.6. The summed E-state index contributed by atoms with van der Waals surface area (Å²) in [7, 11) is -3.12. The van der Waals surface area contributed by atoms with E-state index >= 15 is 0 Å². The summed E-state index contributed by atoms with van der Waals surface area (Å²) in [5.41, 5.74) is 1.65. The number of thiazole rings is 1. The van der Waals surface area contributed by atoms with E-state index in [4.69, 9.17) is 14.3 Å². The predicted molar refractivity (Wildman–Crippen MR) is 137 cm³/mol. The number of nitrogens with one attached hydrogen (secondary N) is 2. The second-order valence-electron chi connectivity index (χ2n) is 8.30. The molecule has 2 heterocycles. The van der Waals surface area contributed by atoms with Crippen LogP contribution in [0.1, 0.15) is 37.6 Å². The molecular formula is C23H27N3O6S3. The van der Waals surface area contributed by atoms with Gasteiger partial charge in [0.15, 0.2) is 0 Å². The molecule has 0 fully saturated rings. The van der Waals surface area contributed by atoms with Gasteiger partial charge >= 0.3 is 16.3 Å². The summed E-state index contributed by atoms with van der Waals surface area (Å²) in [6.07, 6.45) is 0.694. The molecule has 2 aromatic heterocycles. The number of esters is 1. The third-order valence-corrected chi connectivity index (χ3v) is 7.47. The highest BCUT2D eigenvalue weighted by molar-refractivity contribution is 7.87. The minimum Gasteiger partial charge on any atom is -0.468 e. The van der Waals surface area contributed by atoms with Crippen LogP contribution in [0.4, 0.5) is 5.69 Å². The van der Waals surface area contributed by atoms with E-state index in [0.29, 0.717) is 18.5 Å². The van der Waals surface area contributed by atoms with Crippen LogP contribution < -0.4 is 10.0 Å². The van der Waals surface area contributed by atoms with Gasteiger partial charge in [-0.2, -0.15) is 8.42 Å². The second-order valence-corrected chi connectivity index (χ2v) is 11.3. The van der Waals surface area contributed by atoms with E-state index in [0.717, 1.165) is 15.4 Å². The zero-order valence-corrected chi connectivity index (χ0v) is 21.9. The largest absolute Gasteiger partial charge is 0.468 e. The van der Waals surface area contributed by atoms with Crippen molar-refractivity contribution >= 4 is 50.5 Å². The molecule has 35 heavy (non-hydrogen) atoms. The molecule has 3 aromatic rings. The Bertz CT molecular complexity index is 1240. The Morgan fingerprint density at radius 2 is 1.86 bits per heavy atom. The van der Waals surface area contributed by atoms with Crippen LogP contribution >= 0.6 is 22.7 Å². The summed E-state index contributed by atoms with van der Waals surface area (Å²) < 4.78 is 37.9. The maximum absolute atomic E-state index is 13.2. The van der Waals surface area contributed by atoms with Crippen LogP contribution in [-0.2, 0) is 31.1 Å². The fourth-order valence-corrected chi connectivity index (χ4v) is 5.60.